The first-order chi connectivity index (χ1) is 64.5. The molecular formula is C106H142N14O18. The molecule has 4 saturated heterocycles. The van der Waals surface area contributed by atoms with Gasteiger partial charge < -0.3 is 98.3 Å². The number of carbonyl (C=O) groups is 4. The van der Waals surface area contributed by atoms with Gasteiger partial charge in [0.1, 0.15) is 45.7 Å². The Morgan fingerprint density at radius 3 is 0.877 bits per heavy atom. The van der Waals surface area contributed by atoms with Crippen molar-refractivity contribution in [2.24, 2.45) is 21.8 Å². The van der Waals surface area contributed by atoms with Crippen molar-refractivity contribution in [3.63, 3.8) is 0 Å². The summed E-state index contributed by atoms with van der Waals surface area (Å²) in [7, 11) is 6.78. The molecule has 6 aliphatic heterocycles. The van der Waals surface area contributed by atoms with Crippen molar-refractivity contribution in [3.05, 3.63) is 136 Å². The Labute approximate surface area is 812 Å². The van der Waals surface area contributed by atoms with Gasteiger partial charge >= 0.3 is 24.4 Å². The lowest BCUT2D eigenvalue weighted by Crippen LogP contribution is -2.50. The van der Waals surface area contributed by atoms with E-state index in [1.807, 2.05) is 96.9 Å². The molecule has 138 heavy (non-hydrogen) atoms. The number of benzene rings is 6. The molecule has 4 amide bonds. The molecule has 16 rings (SSSR count). The number of carbonyl (C=O) groups excluding carboxylic acids is 4. The molecule has 2 atom stereocenters. The maximum atomic E-state index is 13.3. The highest BCUT2D eigenvalue weighted by Crippen LogP contribution is 2.71. The average Bonchev–Trinajstić information content (AvgIpc) is 1.51. The number of nitriles is 2. The van der Waals surface area contributed by atoms with Crippen LogP contribution in [0.25, 0.3) is 0 Å². The molecule has 6 aromatic carbocycles. The summed E-state index contributed by atoms with van der Waals surface area (Å²) in [5.74, 6) is 5.13. The first kappa shape index (κ1) is 101. The van der Waals surface area contributed by atoms with Crippen LogP contribution in [0.15, 0.2) is 34.6 Å². The Balaban J connectivity index is 0.000000210. The Bertz CT molecular complexity index is 6040. The van der Waals surface area contributed by atoms with Gasteiger partial charge in [0, 0.05) is 164 Å². The summed E-state index contributed by atoms with van der Waals surface area (Å²) in [6.07, 6.45) is 1.76. The standard InChI is InChI=1S/C53H74N8O10.C53H68N6O8/c1-29-30(2)38(46(55)57-65)44-43(37(29)45(54)56-64)68-36-24-34-40(32(42(36)69-44)26-59-17-21-61(22-18-59)48(63)71-50(6,7)8)53(28-52(34,11)12)27-51(9,10)33-23-35(66-13)41(67-14)31(39(33)53)25-58-15-19-60(20-16-58)47(62)70-49(3,4)5;1-31-32(2)34(26-55)46-45(33(31)25-54)64-40-24-38-42(36(44(40)65-46)28-57-17-21-59(22-18-57)48(61)67-50(6,7)8)53(30-52(38,11)12)29-51(9,10)37-23-39(62-13)43(63-14)35(41(37)53)27-56-15-19-58(20-16-56)47(60)66-49(3,4)5/h23-24,64-65H,15-22,25-28H2,1-14H3,(H2,54,56)(H2,55,57);23-24H,15-22,27-30H2,1-14H3. The molecule has 10 aliphatic rings. The molecule has 2 spiro atoms. The summed E-state index contributed by atoms with van der Waals surface area (Å²) < 4.78 is 76.3. The van der Waals surface area contributed by atoms with E-state index in [-0.39, 0.29) is 75.3 Å². The second kappa shape index (κ2) is 36.4. The number of rotatable bonds is 14. The van der Waals surface area contributed by atoms with Crippen LogP contribution in [0.5, 0.6) is 69.0 Å². The zero-order valence-corrected chi connectivity index (χ0v) is 86.2. The van der Waals surface area contributed by atoms with Crippen molar-refractivity contribution >= 4 is 36.0 Å². The highest BCUT2D eigenvalue weighted by molar-refractivity contribution is 6.08. The van der Waals surface area contributed by atoms with Gasteiger partial charge in [0.2, 0.25) is 0 Å². The lowest BCUT2D eigenvalue weighted by molar-refractivity contribution is 0.0128. The van der Waals surface area contributed by atoms with E-state index >= 15 is 0 Å². The third kappa shape index (κ3) is 18.4. The van der Waals surface area contributed by atoms with Crippen LogP contribution in [-0.4, -0.2) is 241 Å². The number of piperazine rings is 4. The topological polar surface area (TPSA) is 370 Å². The summed E-state index contributed by atoms with van der Waals surface area (Å²) in [6.45, 7) is 59.1. The third-order valence-electron chi connectivity index (χ3n) is 29.4. The first-order valence-corrected chi connectivity index (χ1v) is 48.2. The van der Waals surface area contributed by atoms with Crippen molar-refractivity contribution in [2.45, 2.75) is 273 Å². The van der Waals surface area contributed by atoms with Gasteiger partial charge in [-0.3, -0.25) is 19.6 Å². The largest absolute Gasteiger partial charge is 0.493 e. The number of hydrogen-bond acceptors (Lipinski definition) is 26. The van der Waals surface area contributed by atoms with Gasteiger partial charge in [0.05, 0.1) is 39.6 Å². The number of methoxy groups -OCH3 is 4. The maximum absolute atomic E-state index is 13.3. The third-order valence-corrected chi connectivity index (χ3v) is 29.4. The first-order valence-electron chi connectivity index (χ1n) is 48.2. The second-order valence-corrected chi connectivity index (χ2v) is 45.5. The molecule has 2 unspecified atom stereocenters. The molecule has 744 valence electrons. The summed E-state index contributed by atoms with van der Waals surface area (Å²) in [6, 6.07) is 13.3. The fourth-order valence-electron chi connectivity index (χ4n) is 23.5. The van der Waals surface area contributed by atoms with Gasteiger partial charge in [-0.25, -0.2) is 19.2 Å². The van der Waals surface area contributed by atoms with Crippen LogP contribution in [0, 0.1) is 50.4 Å². The van der Waals surface area contributed by atoms with Crippen molar-refractivity contribution in [2.75, 3.05) is 133 Å². The molecular weight excluding hydrogens is 1760 g/mol. The number of oxime groups is 2. The Kier molecular flexibility index (Phi) is 26.6. The van der Waals surface area contributed by atoms with Crippen LogP contribution in [0.2, 0.25) is 0 Å². The molecule has 6 heterocycles. The second-order valence-electron chi connectivity index (χ2n) is 45.5. The molecule has 0 bridgehead atoms. The number of ether oxygens (including phenoxy) is 12. The van der Waals surface area contributed by atoms with E-state index < -0.39 is 38.6 Å². The van der Waals surface area contributed by atoms with Gasteiger partial charge in [0.15, 0.2) is 80.7 Å². The predicted molar refractivity (Wildman–Crippen MR) is 523 cm³/mol. The van der Waals surface area contributed by atoms with E-state index in [4.69, 9.17) is 68.3 Å². The van der Waals surface area contributed by atoms with Crippen molar-refractivity contribution < 1.29 is 86.4 Å². The van der Waals surface area contributed by atoms with Crippen LogP contribution in [-0.2, 0) is 77.6 Å². The van der Waals surface area contributed by atoms with Crippen LogP contribution in [0.1, 0.15) is 275 Å². The van der Waals surface area contributed by atoms with Crippen LogP contribution in [0.3, 0.4) is 0 Å². The fraction of sp³-hybridized carbons (Fsp3) is 0.585. The monoisotopic (exact) mass is 1900 g/mol. The molecule has 6 aromatic rings. The molecule has 4 fully saturated rings. The van der Waals surface area contributed by atoms with E-state index in [0.29, 0.717) is 221 Å². The SMILES string of the molecule is COc1cc2c(c(CN3CCN(C(=O)OC(C)(C)C)CC3)c1OC)C1(CC2(C)C)CC(C)(C)c2cc3c(c(CN4CCN(C(=O)OC(C)(C)C)CC4)c21)Oc1c(C#N)c(C)c(C)c(C#N)c1O3.COc1cc2c(c(CN3CCN(C(=O)OC(C)(C)C)CC3)c1OC)C1(CC2(C)C)CC(C)(C)c2cc3c(c(CN4CCN(C(=O)OC(C)(C)C)CC4)c21)Oc1c(c(/C(N)=N/O)c(C)c(C)c1/C(N)=N/O)O3. The van der Waals surface area contributed by atoms with Crippen molar-refractivity contribution in [1.29, 1.82) is 10.5 Å². The van der Waals surface area contributed by atoms with E-state index in [9.17, 15) is 40.1 Å². The van der Waals surface area contributed by atoms with Gasteiger partial charge in [-0.15, -0.1) is 0 Å². The lowest BCUT2D eigenvalue weighted by Gasteiger charge is -2.39. The predicted octanol–water partition coefficient (Wildman–Crippen LogP) is 17.9. The van der Waals surface area contributed by atoms with Crippen LogP contribution >= 0.6 is 0 Å². The number of hydrogen-bond donors (Lipinski definition) is 4. The van der Waals surface area contributed by atoms with Gasteiger partial charge in [-0.2, -0.15) is 10.5 Å². The number of fused-ring (bicyclic) bond motifs is 12. The quantitative estimate of drug-likeness (QED) is 0.0258. The Morgan fingerprint density at radius 2 is 0.616 bits per heavy atom. The van der Waals surface area contributed by atoms with Crippen molar-refractivity contribution in [1.82, 2.24) is 39.2 Å². The molecule has 0 saturated carbocycles. The molecule has 0 radical (unpaired) electrons. The Hall–Kier alpha value is -11.8. The molecule has 32 heteroatoms. The fourth-order valence-corrected chi connectivity index (χ4v) is 23.5. The highest BCUT2D eigenvalue weighted by atomic mass is 16.6. The smallest absolute Gasteiger partial charge is 0.410 e. The minimum absolute atomic E-state index is 0.171. The molecule has 4 aliphatic carbocycles. The van der Waals surface area contributed by atoms with E-state index in [0.717, 1.165) is 64.6 Å². The molecule has 32 nitrogen and oxygen atoms in total. The molecule has 6 N–H and O–H groups in total. The minimum atomic E-state index is -0.634. The van der Waals surface area contributed by atoms with E-state index in [1.54, 1.807) is 61.9 Å². The van der Waals surface area contributed by atoms with Gasteiger partial charge in [-0.05, 0) is 249 Å². The zero-order chi connectivity index (χ0) is 101. The highest BCUT2D eigenvalue weighted by Gasteiger charge is 2.63. The lowest BCUT2D eigenvalue weighted by atomic mass is 9.70. The van der Waals surface area contributed by atoms with E-state index in [1.165, 1.54) is 27.8 Å². The average molecular weight is 1900 g/mol. The van der Waals surface area contributed by atoms with Crippen LogP contribution < -0.4 is 49.4 Å². The van der Waals surface area contributed by atoms with E-state index in [2.05, 4.69) is 122 Å². The Morgan fingerprint density at radius 1 is 0.370 bits per heavy atom. The van der Waals surface area contributed by atoms with Gasteiger partial charge in [0.25, 0.3) is 0 Å². The number of nitrogens with two attached hydrogens (primary N) is 2. The summed E-state index contributed by atoms with van der Waals surface area (Å²) in [5, 5.41) is 48.1. The van der Waals surface area contributed by atoms with Gasteiger partial charge in [-0.1, -0.05) is 65.7 Å². The zero-order valence-electron chi connectivity index (χ0n) is 86.2. The van der Waals surface area contributed by atoms with Crippen LogP contribution in [0.4, 0.5) is 19.2 Å². The summed E-state index contributed by atoms with van der Waals surface area (Å²) >= 11 is 0. The number of amides is 4. The normalized spacial score (nSPS) is 20.8. The minimum Gasteiger partial charge on any atom is -0.493 e. The van der Waals surface area contributed by atoms with Crippen molar-refractivity contribution in [3.8, 4) is 81.1 Å². The summed E-state index contributed by atoms with van der Waals surface area (Å²) in [5.41, 5.74) is 25.0. The molecule has 0 aromatic heterocycles. The maximum Gasteiger partial charge on any atom is 0.410 e. The number of nitrogens with zero attached hydrogens (tertiary/aromatic N) is 12. The summed E-state index contributed by atoms with van der Waals surface area (Å²) in [4.78, 5) is 69.5. The number of amidine groups is 2.